The summed E-state index contributed by atoms with van der Waals surface area (Å²) in [4.78, 5) is 2.64. The van der Waals surface area contributed by atoms with Gasteiger partial charge >= 0.3 is 0 Å². The molecule has 0 radical (unpaired) electrons. The van der Waals surface area contributed by atoms with Crippen LogP contribution in [0.2, 0.25) is 0 Å². The molecule has 1 fully saturated rings. The van der Waals surface area contributed by atoms with Gasteiger partial charge in [0.15, 0.2) is 0 Å². The molecule has 0 spiro atoms. The van der Waals surface area contributed by atoms with Crippen molar-refractivity contribution in [3.8, 4) is 5.75 Å². The topological polar surface area (TPSA) is 24.5 Å². The average molecular weight is 290 g/mol. The van der Waals surface area contributed by atoms with Crippen LogP contribution in [0.25, 0.3) is 0 Å². The van der Waals surface area contributed by atoms with Gasteiger partial charge in [0, 0.05) is 11.6 Å². The molecule has 0 aliphatic carbocycles. The zero-order chi connectivity index (χ0) is 15.3. The van der Waals surface area contributed by atoms with E-state index < -0.39 is 0 Å². The molecule has 2 rings (SSSR count). The number of ether oxygens (including phenoxy) is 1. The monoisotopic (exact) mass is 290 g/mol. The Kier molecular flexibility index (Phi) is 5.65. The molecular formula is C18H30N2O. The summed E-state index contributed by atoms with van der Waals surface area (Å²) in [5, 5.41) is 3.55. The molecule has 118 valence electrons. The minimum absolute atomic E-state index is 0.220. The van der Waals surface area contributed by atoms with E-state index >= 15 is 0 Å². The van der Waals surface area contributed by atoms with Crippen LogP contribution in [0.5, 0.6) is 5.75 Å². The van der Waals surface area contributed by atoms with Crippen molar-refractivity contribution >= 4 is 0 Å². The first-order valence-corrected chi connectivity index (χ1v) is 8.13. The van der Waals surface area contributed by atoms with Crippen LogP contribution in [0, 0.1) is 0 Å². The fraction of sp³-hybridized carbons (Fsp3) is 0.667. The third-order valence-electron chi connectivity index (χ3n) is 5.00. The lowest BCUT2D eigenvalue weighted by molar-refractivity contribution is 0.106. The molecule has 3 heteroatoms. The number of hydrogen-bond acceptors (Lipinski definition) is 3. The van der Waals surface area contributed by atoms with Crippen molar-refractivity contribution in [3.63, 3.8) is 0 Å². The van der Waals surface area contributed by atoms with E-state index in [0.717, 1.165) is 18.6 Å². The average Bonchev–Trinajstić information content (AvgIpc) is 3.03. The quantitative estimate of drug-likeness (QED) is 0.835. The molecule has 3 nitrogen and oxygen atoms in total. The predicted octanol–water partition coefficient (Wildman–Crippen LogP) is 3.09. The van der Waals surface area contributed by atoms with E-state index in [0.29, 0.717) is 6.04 Å². The molecule has 21 heavy (non-hydrogen) atoms. The second-order valence-corrected chi connectivity index (χ2v) is 6.58. The molecule has 1 atom stereocenters. The summed E-state index contributed by atoms with van der Waals surface area (Å²) >= 11 is 0. The zero-order valence-corrected chi connectivity index (χ0v) is 14.0. The normalized spacial score (nSPS) is 17.9. The SMILES string of the molecule is CNC(CCc1ccc(OC)cc1)C(C)(C)N1CCCC1. The molecule has 0 bridgehead atoms. The first-order chi connectivity index (χ1) is 10.1. The molecule has 1 saturated heterocycles. The van der Waals surface area contributed by atoms with Crippen LogP contribution in [0.3, 0.4) is 0 Å². The number of hydrogen-bond donors (Lipinski definition) is 1. The molecule has 0 aromatic heterocycles. The Morgan fingerprint density at radius 2 is 1.81 bits per heavy atom. The highest BCUT2D eigenvalue weighted by Crippen LogP contribution is 2.26. The van der Waals surface area contributed by atoms with E-state index in [1.54, 1.807) is 7.11 Å². The van der Waals surface area contributed by atoms with E-state index in [1.807, 2.05) is 0 Å². The van der Waals surface area contributed by atoms with Crippen molar-refractivity contribution in [1.29, 1.82) is 0 Å². The van der Waals surface area contributed by atoms with Crippen LogP contribution in [0.15, 0.2) is 24.3 Å². The molecule has 1 aliphatic heterocycles. The van der Waals surface area contributed by atoms with Crippen molar-refractivity contribution in [3.05, 3.63) is 29.8 Å². The molecule has 1 aliphatic rings. The van der Waals surface area contributed by atoms with Gasteiger partial charge in [-0.1, -0.05) is 12.1 Å². The van der Waals surface area contributed by atoms with Gasteiger partial charge in [0.25, 0.3) is 0 Å². The minimum atomic E-state index is 0.220. The molecule has 1 unspecified atom stereocenters. The number of methoxy groups -OCH3 is 1. The highest BCUT2D eigenvalue weighted by Gasteiger charge is 2.35. The van der Waals surface area contributed by atoms with Crippen molar-refractivity contribution in [2.75, 3.05) is 27.2 Å². The predicted molar refractivity (Wildman–Crippen MR) is 89.0 cm³/mol. The zero-order valence-electron chi connectivity index (χ0n) is 14.0. The maximum absolute atomic E-state index is 5.22. The fourth-order valence-corrected chi connectivity index (χ4v) is 3.47. The van der Waals surface area contributed by atoms with E-state index in [9.17, 15) is 0 Å². The number of likely N-dealkylation sites (N-methyl/N-ethyl adjacent to an activating group) is 1. The Hall–Kier alpha value is -1.06. The second kappa shape index (κ2) is 7.28. The Morgan fingerprint density at radius 3 is 2.33 bits per heavy atom. The van der Waals surface area contributed by atoms with E-state index in [4.69, 9.17) is 4.74 Å². The van der Waals surface area contributed by atoms with Gasteiger partial charge in [0.05, 0.1) is 7.11 Å². The molecular weight excluding hydrogens is 260 g/mol. The van der Waals surface area contributed by atoms with Gasteiger partial charge in [0.1, 0.15) is 5.75 Å². The Bertz CT molecular complexity index is 421. The smallest absolute Gasteiger partial charge is 0.118 e. The third kappa shape index (κ3) is 3.98. The number of rotatable bonds is 7. The molecule has 1 heterocycles. The van der Waals surface area contributed by atoms with Crippen LogP contribution in [-0.2, 0) is 6.42 Å². The van der Waals surface area contributed by atoms with Gasteiger partial charge < -0.3 is 10.1 Å². The van der Waals surface area contributed by atoms with Crippen LogP contribution in [0.1, 0.15) is 38.7 Å². The summed E-state index contributed by atoms with van der Waals surface area (Å²) in [5.41, 5.74) is 1.60. The highest BCUT2D eigenvalue weighted by molar-refractivity contribution is 5.27. The van der Waals surface area contributed by atoms with Crippen molar-refractivity contribution in [2.45, 2.75) is 51.1 Å². The lowest BCUT2D eigenvalue weighted by Crippen LogP contribution is -2.56. The number of likely N-dealkylation sites (tertiary alicyclic amines) is 1. The molecule has 0 amide bonds. The fourth-order valence-electron chi connectivity index (χ4n) is 3.47. The summed E-state index contributed by atoms with van der Waals surface area (Å²) < 4.78 is 5.22. The second-order valence-electron chi connectivity index (χ2n) is 6.58. The molecule has 0 saturated carbocycles. The maximum atomic E-state index is 5.22. The standard InChI is InChI=1S/C18H30N2O/c1-18(2,20-13-5-6-14-20)17(19-3)12-9-15-7-10-16(21-4)11-8-15/h7-8,10-11,17,19H,5-6,9,12-14H2,1-4H3. The molecule has 1 aromatic rings. The Balaban J connectivity index is 1.94. The van der Waals surface area contributed by atoms with Crippen molar-refractivity contribution in [2.24, 2.45) is 0 Å². The van der Waals surface area contributed by atoms with Gasteiger partial charge in [-0.3, -0.25) is 4.90 Å². The summed E-state index contributed by atoms with van der Waals surface area (Å²) in [7, 11) is 3.81. The van der Waals surface area contributed by atoms with Crippen LogP contribution >= 0.6 is 0 Å². The minimum Gasteiger partial charge on any atom is -0.497 e. The Labute approximate surface area is 129 Å². The van der Waals surface area contributed by atoms with Crippen LogP contribution in [0.4, 0.5) is 0 Å². The van der Waals surface area contributed by atoms with Crippen molar-refractivity contribution < 1.29 is 4.74 Å². The number of aryl methyl sites for hydroxylation is 1. The molecule has 1 aromatic carbocycles. The van der Waals surface area contributed by atoms with E-state index in [1.165, 1.54) is 31.5 Å². The van der Waals surface area contributed by atoms with Crippen LogP contribution in [-0.4, -0.2) is 43.7 Å². The van der Waals surface area contributed by atoms with Gasteiger partial charge in [-0.25, -0.2) is 0 Å². The largest absolute Gasteiger partial charge is 0.497 e. The number of nitrogens with one attached hydrogen (secondary N) is 1. The van der Waals surface area contributed by atoms with E-state index in [-0.39, 0.29) is 5.54 Å². The van der Waals surface area contributed by atoms with Crippen molar-refractivity contribution in [1.82, 2.24) is 10.2 Å². The highest BCUT2D eigenvalue weighted by atomic mass is 16.5. The molecule has 1 N–H and O–H groups in total. The third-order valence-corrected chi connectivity index (χ3v) is 5.00. The first-order valence-electron chi connectivity index (χ1n) is 8.13. The number of nitrogens with zero attached hydrogens (tertiary/aromatic N) is 1. The maximum Gasteiger partial charge on any atom is 0.118 e. The van der Waals surface area contributed by atoms with Gasteiger partial charge in [-0.15, -0.1) is 0 Å². The summed E-state index contributed by atoms with van der Waals surface area (Å²) in [5.74, 6) is 0.932. The van der Waals surface area contributed by atoms with Gasteiger partial charge in [0.2, 0.25) is 0 Å². The number of benzene rings is 1. The van der Waals surface area contributed by atoms with Gasteiger partial charge in [-0.2, -0.15) is 0 Å². The summed E-state index contributed by atoms with van der Waals surface area (Å²) in [6.07, 6.45) is 4.95. The van der Waals surface area contributed by atoms with Gasteiger partial charge in [-0.05, 0) is 77.4 Å². The van der Waals surface area contributed by atoms with E-state index in [2.05, 4.69) is 55.4 Å². The summed E-state index contributed by atoms with van der Waals surface area (Å²) in [6.45, 7) is 7.25. The lowest BCUT2D eigenvalue weighted by atomic mass is 9.88. The summed E-state index contributed by atoms with van der Waals surface area (Å²) in [6, 6.07) is 8.96. The first kappa shape index (κ1) is 16.3. The Morgan fingerprint density at radius 1 is 1.19 bits per heavy atom. The van der Waals surface area contributed by atoms with Crippen LogP contribution < -0.4 is 10.1 Å². The lowest BCUT2D eigenvalue weighted by Gasteiger charge is -2.42.